The fraction of sp³-hybridized carbons (Fsp3) is 0.576. The highest BCUT2D eigenvalue weighted by atomic mass is 16.6. The van der Waals surface area contributed by atoms with Gasteiger partial charge >= 0.3 is 11.9 Å². The zero-order valence-electron chi connectivity index (χ0n) is 23.6. The summed E-state index contributed by atoms with van der Waals surface area (Å²) in [4.78, 5) is 24.1. The van der Waals surface area contributed by atoms with Gasteiger partial charge in [-0.3, -0.25) is 0 Å². The summed E-state index contributed by atoms with van der Waals surface area (Å²) in [6.45, 7) is 9.00. The lowest BCUT2D eigenvalue weighted by atomic mass is 9.88. The van der Waals surface area contributed by atoms with Gasteiger partial charge in [0, 0.05) is 18.6 Å². The molecule has 0 fully saturated rings. The van der Waals surface area contributed by atoms with Crippen LogP contribution in [-0.4, -0.2) is 37.4 Å². The van der Waals surface area contributed by atoms with Gasteiger partial charge in [-0.2, -0.15) is 0 Å². The van der Waals surface area contributed by atoms with Gasteiger partial charge in [-0.25, -0.2) is 9.59 Å². The second-order valence-electron chi connectivity index (χ2n) is 10.3. The van der Waals surface area contributed by atoms with E-state index in [9.17, 15) is 9.59 Å². The molecule has 5 heteroatoms. The maximum Gasteiger partial charge on any atom is 0.346 e. The Morgan fingerprint density at radius 1 is 0.868 bits per heavy atom. The lowest BCUT2D eigenvalue weighted by Crippen LogP contribution is -2.41. The molecule has 0 radical (unpaired) electrons. The number of carbonyl (C=O) groups is 2. The predicted molar refractivity (Wildman–Crippen MR) is 154 cm³/mol. The monoisotopic (exact) mass is 524 g/mol. The van der Waals surface area contributed by atoms with Gasteiger partial charge in [-0.05, 0) is 36.5 Å². The number of ether oxygens (including phenoxy) is 3. The lowest BCUT2D eigenvalue weighted by Gasteiger charge is -2.30. The Balaban J connectivity index is 1.66. The lowest BCUT2D eigenvalue weighted by molar-refractivity contribution is -0.162. The van der Waals surface area contributed by atoms with E-state index in [4.69, 9.17) is 14.2 Å². The van der Waals surface area contributed by atoms with E-state index in [1.165, 1.54) is 50.2 Å². The molecule has 0 aromatic heterocycles. The average molecular weight is 525 g/mol. The SMILES string of the molecule is C=CC(=O)OCCCCCCCCCCCCOC1(C(=O)OCC(C)CC)C=CC(c2ccccc2)C=C1. The standard InChI is InChI=1S/C33H48O5/c1-4-28(3)27-37-32(35)33(23-21-30(22-24-33)29-19-15-14-16-20-29)38-26-18-13-11-9-7-6-8-10-12-17-25-36-31(34)5-2/h5,14-16,19-24,28,30H,2,4,6-13,17-18,25-27H2,1,3H3. The molecule has 38 heavy (non-hydrogen) atoms. The topological polar surface area (TPSA) is 61.8 Å². The van der Waals surface area contributed by atoms with Crippen LogP contribution in [0.3, 0.4) is 0 Å². The van der Waals surface area contributed by atoms with Crippen molar-refractivity contribution in [1.29, 1.82) is 0 Å². The van der Waals surface area contributed by atoms with Crippen molar-refractivity contribution in [3.63, 3.8) is 0 Å². The minimum absolute atomic E-state index is 0.130. The van der Waals surface area contributed by atoms with E-state index in [0.29, 0.717) is 25.7 Å². The molecule has 0 aliphatic heterocycles. The van der Waals surface area contributed by atoms with E-state index in [-0.39, 0.29) is 17.9 Å². The van der Waals surface area contributed by atoms with Gasteiger partial charge in [0.2, 0.25) is 5.60 Å². The first-order valence-corrected chi connectivity index (χ1v) is 14.5. The number of unbranched alkanes of at least 4 members (excludes halogenated alkanes) is 9. The number of hydrogen-bond acceptors (Lipinski definition) is 5. The van der Waals surface area contributed by atoms with Gasteiger partial charge in [-0.1, -0.05) is 121 Å². The molecule has 210 valence electrons. The van der Waals surface area contributed by atoms with Crippen LogP contribution >= 0.6 is 0 Å². The number of rotatable bonds is 20. The summed E-state index contributed by atoms with van der Waals surface area (Å²) in [5, 5.41) is 0. The first-order chi connectivity index (χ1) is 18.5. The minimum atomic E-state index is -1.14. The third-order valence-electron chi connectivity index (χ3n) is 7.09. The van der Waals surface area contributed by atoms with Crippen LogP contribution in [0.4, 0.5) is 0 Å². The molecule has 0 amide bonds. The van der Waals surface area contributed by atoms with Crippen molar-refractivity contribution in [3.8, 4) is 0 Å². The molecule has 1 atom stereocenters. The summed E-state index contributed by atoms with van der Waals surface area (Å²) in [5.41, 5.74) is 0.0542. The summed E-state index contributed by atoms with van der Waals surface area (Å²) < 4.78 is 16.9. The second-order valence-corrected chi connectivity index (χ2v) is 10.3. The van der Waals surface area contributed by atoms with Crippen molar-refractivity contribution >= 4 is 11.9 Å². The molecule has 1 aromatic carbocycles. The maximum atomic E-state index is 13.1. The van der Waals surface area contributed by atoms with Gasteiger partial charge in [0.25, 0.3) is 0 Å². The van der Waals surface area contributed by atoms with Crippen LogP contribution in [0.5, 0.6) is 0 Å². The van der Waals surface area contributed by atoms with Gasteiger partial charge < -0.3 is 14.2 Å². The van der Waals surface area contributed by atoms with Crippen LogP contribution in [0.25, 0.3) is 0 Å². The zero-order chi connectivity index (χ0) is 27.5. The highest BCUT2D eigenvalue weighted by molar-refractivity contribution is 5.85. The molecule has 1 unspecified atom stereocenters. The van der Waals surface area contributed by atoms with Crippen molar-refractivity contribution in [3.05, 3.63) is 72.9 Å². The molecule has 0 saturated carbocycles. The zero-order valence-corrected chi connectivity index (χ0v) is 23.6. The van der Waals surface area contributed by atoms with Crippen molar-refractivity contribution < 1.29 is 23.8 Å². The molecule has 1 aromatic rings. The smallest absolute Gasteiger partial charge is 0.346 e. The Bertz CT molecular complexity index is 859. The van der Waals surface area contributed by atoms with Crippen LogP contribution in [0.1, 0.15) is 96.0 Å². The Labute approximate surface area is 230 Å². The third kappa shape index (κ3) is 11.8. The predicted octanol–water partition coefficient (Wildman–Crippen LogP) is 7.87. The third-order valence-corrected chi connectivity index (χ3v) is 7.09. The molecular formula is C33H48O5. The van der Waals surface area contributed by atoms with Crippen molar-refractivity contribution in [2.45, 2.75) is 96.0 Å². The quantitative estimate of drug-likeness (QED) is 0.0751. The number of carbonyl (C=O) groups excluding carboxylic acids is 2. The minimum Gasteiger partial charge on any atom is -0.463 e. The molecule has 0 spiro atoms. The van der Waals surface area contributed by atoms with Crippen molar-refractivity contribution in [2.75, 3.05) is 19.8 Å². The van der Waals surface area contributed by atoms with Crippen molar-refractivity contribution in [1.82, 2.24) is 0 Å². The Kier molecular flexibility index (Phi) is 15.4. The molecular weight excluding hydrogens is 476 g/mol. The van der Waals surface area contributed by atoms with E-state index >= 15 is 0 Å². The van der Waals surface area contributed by atoms with Gasteiger partial charge in [0.15, 0.2) is 0 Å². The van der Waals surface area contributed by atoms with E-state index in [0.717, 1.165) is 32.1 Å². The molecule has 0 N–H and O–H groups in total. The van der Waals surface area contributed by atoms with Crippen LogP contribution in [0.15, 0.2) is 67.3 Å². The largest absolute Gasteiger partial charge is 0.463 e. The Morgan fingerprint density at radius 3 is 1.97 bits per heavy atom. The van der Waals surface area contributed by atoms with E-state index < -0.39 is 5.60 Å². The van der Waals surface area contributed by atoms with Crippen LogP contribution in [-0.2, 0) is 23.8 Å². The summed E-state index contributed by atoms with van der Waals surface area (Å²) in [6, 6.07) is 10.3. The fourth-order valence-corrected chi connectivity index (χ4v) is 4.34. The molecule has 1 aliphatic rings. The normalized spacial score (nSPS) is 19.2. The molecule has 1 aliphatic carbocycles. The first-order valence-electron chi connectivity index (χ1n) is 14.5. The van der Waals surface area contributed by atoms with Gasteiger partial charge in [0.05, 0.1) is 13.2 Å². The first kappa shape index (κ1) is 31.6. The molecule has 5 nitrogen and oxygen atoms in total. The summed E-state index contributed by atoms with van der Waals surface area (Å²) in [5.74, 6) is -0.206. The Morgan fingerprint density at radius 2 is 1.42 bits per heavy atom. The summed E-state index contributed by atoms with van der Waals surface area (Å²) >= 11 is 0. The van der Waals surface area contributed by atoms with E-state index in [1.54, 1.807) is 0 Å². The van der Waals surface area contributed by atoms with Crippen LogP contribution in [0.2, 0.25) is 0 Å². The number of esters is 2. The number of hydrogen-bond donors (Lipinski definition) is 0. The summed E-state index contributed by atoms with van der Waals surface area (Å²) in [7, 11) is 0. The average Bonchev–Trinajstić information content (AvgIpc) is 2.96. The summed E-state index contributed by atoms with van der Waals surface area (Å²) in [6.07, 6.45) is 21.4. The van der Waals surface area contributed by atoms with Crippen LogP contribution < -0.4 is 0 Å². The van der Waals surface area contributed by atoms with Crippen molar-refractivity contribution in [2.24, 2.45) is 5.92 Å². The van der Waals surface area contributed by atoms with E-state index in [1.807, 2.05) is 42.5 Å². The highest BCUT2D eigenvalue weighted by Crippen LogP contribution is 2.30. The number of benzene rings is 1. The highest BCUT2D eigenvalue weighted by Gasteiger charge is 2.38. The van der Waals surface area contributed by atoms with Gasteiger partial charge in [-0.15, -0.1) is 0 Å². The van der Waals surface area contributed by atoms with Crippen LogP contribution in [0, 0.1) is 5.92 Å². The van der Waals surface area contributed by atoms with Gasteiger partial charge in [0.1, 0.15) is 0 Å². The maximum absolute atomic E-state index is 13.1. The Hall–Kier alpha value is -2.66. The van der Waals surface area contributed by atoms with E-state index in [2.05, 4.69) is 32.6 Å². The number of allylic oxidation sites excluding steroid dienone is 2. The molecule has 0 saturated heterocycles. The second kappa shape index (κ2) is 18.6. The fourth-order valence-electron chi connectivity index (χ4n) is 4.34. The molecule has 0 bridgehead atoms. The molecule has 0 heterocycles. The molecule has 2 rings (SSSR count).